The number of benzene rings is 2. The fourth-order valence-corrected chi connectivity index (χ4v) is 2.85. The molecule has 0 aromatic heterocycles. The smallest absolute Gasteiger partial charge is 0.138 e. The first kappa shape index (κ1) is 12.1. The molecule has 1 N–H and O–H groups in total. The standard InChI is InChI=1S/C12H7Br3O/c13-9-6-8(7-4-2-1-3-5-7)12(16)11(15)10(9)14/h1-6,16H. The van der Waals surface area contributed by atoms with Gasteiger partial charge < -0.3 is 5.11 Å². The SMILES string of the molecule is Oc1c(-c2ccccc2)cc(Br)c(Br)c1Br. The van der Waals surface area contributed by atoms with Crippen LogP contribution in [0.4, 0.5) is 0 Å². The van der Waals surface area contributed by atoms with Gasteiger partial charge in [-0.3, -0.25) is 0 Å². The van der Waals surface area contributed by atoms with Crippen molar-refractivity contribution in [3.05, 3.63) is 49.8 Å². The first-order chi connectivity index (χ1) is 7.61. The van der Waals surface area contributed by atoms with E-state index in [0.717, 1.165) is 20.1 Å². The summed E-state index contributed by atoms with van der Waals surface area (Å²) < 4.78 is 2.36. The van der Waals surface area contributed by atoms with Gasteiger partial charge in [-0.2, -0.15) is 0 Å². The van der Waals surface area contributed by atoms with Crippen molar-refractivity contribution in [1.82, 2.24) is 0 Å². The number of rotatable bonds is 1. The molecule has 2 rings (SSSR count). The van der Waals surface area contributed by atoms with Crippen LogP contribution in [-0.2, 0) is 0 Å². The summed E-state index contributed by atoms with van der Waals surface area (Å²) in [4.78, 5) is 0. The minimum Gasteiger partial charge on any atom is -0.506 e. The molecule has 0 spiro atoms. The molecule has 0 aliphatic heterocycles. The van der Waals surface area contributed by atoms with Crippen LogP contribution in [0.5, 0.6) is 5.75 Å². The van der Waals surface area contributed by atoms with Gasteiger partial charge in [-0.15, -0.1) is 0 Å². The van der Waals surface area contributed by atoms with Crippen LogP contribution in [0.2, 0.25) is 0 Å². The van der Waals surface area contributed by atoms with Crippen LogP contribution in [0.25, 0.3) is 11.1 Å². The summed E-state index contributed by atoms with van der Waals surface area (Å²) in [5, 5.41) is 10.1. The van der Waals surface area contributed by atoms with E-state index in [-0.39, 0.29) is 5.75 Å². The van der Waals surface area contributed by atoms with Crippen LogP contribution in [-0.4, -0.2) is 5.11 Å². The number of aromatic hydroxyl groups is 1. The lowest BCUT2D eigenvalue weighted by molar-refractivity contribution is 0.473. The molecule has 0 amide bonds. The van der Waals surface area contributed by atoms with Gasteiger partial charge in [0.15, 0.2) is 0 Å². The molecule has 82 valence electrons. The number of hydrogen-bond donors (Lipinski definition) is 1. The first-order valence-electron chi connectivity index (χ1n) is 4.53. The maximum Gasteiger partial charge on any atom is 0.138 e. The lowest BCUT2D eigenvalue weighted by atomic mass is 10.1. The fourth-order valence-electron chi connectivity index (χ4n) is 1.42. The Bertz CT molecular complexity index is 524. The zero-order valence-corrected chi connectivity index (χ0v) is 12.8. The van der Waals surface area contributed by atoms with E-state index in [1.54, 1.807) is 0 Å². The third-order valence-corrected chi connectivity index (χ3v) is 5.51. The van der Waals surface area contributed by atoms with Crippen LogP contribution >= 0.6 is 47.8 Å². The molecule has 0 unspecified atom stereocenters. The monoisotopic (exact) mass is 404 g/mol. The summed E-state index contributed by atoms with van der Waals surface area (Å²) in [6.45, 7) is 0. The molecular formula is C12H7Br3O. The van der Waals surface area contributed by atoms with Gasteiger partial charge in [-0.25, -0.2) is 0 Å². The molecule has 0 heterocycles. The summed E-state index contributed by atoms with van der Waals surface area (Å²) in [5.41, 5.74) is 1.77. The number of phenolic OH excluding ortho intramolecular Hbond substituents is 1. The summed E-state index contributed by atoms with van der Waals surface area (Å²) >= 11 is 10.2. The molecule has 0 atom stereocenters. The van der Waals surface area contributed by atoms with Crippen LogP contribution in [0.3, 0.4) is 0 Å². The van der Waals surface area contributed by atoms with Crippen molar-refractivity contribution in [3.63, 3.8) is 0 Å². The van der Waals surface area contributed by atoms with Crippen molar-refractivity contribution >= 4 is 47.8 Å². The van der Waals surface area contributed by atoms with E-state index in [1.807, 2.05) is 36.4 Å². The first-order valence-corrected chi connectivity index (χ1v) is 6.91. The predicted octanol–water partition coefficient (Wildman–Crippen LogP) is 5.35. The van der Waals surface area contributed by atoms with Gasteiger partial charge in [0.25, 0.3) is 0 Å². The molecule has 0 bridgehead atoms. The van der Waals surface area contributed by atoms with Crippen LogP contribution in [0.1, 0.15) is 0 Å². The molecule has 0 saturated carbocycles. The molecule has 0 aliphatic carbocycles. The highest BCUT2D eigenvalue weighted by atomic mass is 79.9. The summed E-state index contributed by atoms with van der Waals surface area (Å²) in [5.74, 6) is 0.237. The topological polar surface area (TPSA) is 20.2 Å². The van der Waals surface area contributed by atoms with Gasteiger partial charge in [-0.1, -0.05) is 30.3 Å². The molecule has 2 aromatic carbocycles. The second kappa shape index (κ2) is 4.90. The summed E-state index contributed by atoms with van der Waals surface area (Å²) in [6, 6.07) is 11.6. The molecule has 0 saturated heterocycles. The van der Waals surface area contributed by atoms with Crippen LogP contribution < -0.4 is 0 Å². The predicted molar refractivity (Wildman–Crippen MR) is 76.6 cm³/mol. The van der Waals surface area contributed by atoms with Gasteiger partial charge in [0.2, 0.25) is 0 Å². The zero-order chi connectivity index (χ0) is 11.7. The zero-order valence-electron chi connectivity index (χ0n) is 8.05. The molecule has 0 fully saturated rings. The minimum atomic E-state index is 0.237. The molecule has 1 nitrogen and oxygen atoms in total. The Morgan fingerprint density at radius 2 is 1.50 bits per heavy atom. The van der Waals surface area contributed by atoms with Crippen molar-refractivity contribution in [3.8, 4) is 16.9 Å². The molecule has 0 radical (unpaired) electrons. The Balaban J connectivity index is 2.68. The maximum atomic E-state index is 10.1. The number of hydrogen-bond acceptors (Lipinski definition) is 1. The van der Waals surface area contributed by atoms with Crippen molar-refractivity contribution in [2.45, 2.75) is 0 Å². The third-order valence-electron chi connectivity index (χ3n) is 2.22. The van der Waals surface area contributed by atoms with E-state index in [1.165, 1.54) is 0 Å². The molecule has 0 aliphatic rings. The summed E-state index contributed by atoms with van der Waals surface area (Å²) in [7, 11) is 0. The Kier molecular flexibility index (Phi) is 3.72. The van der Waals surface area contributed by atoms with Crippen molar-refractivity contribution in [2.24, 2.45) is 0 Å². The fraction of sp³-hybridized carbons (Fsp3) is 0. The highest BCUT2D eigenvalue weighted by Crippen LogP contribution is 2.43. The van der Waals surface area contributed by atoms with Crippen molar-refractivity contribution in [2.75, 3.05) is 0 Å². The van der Waals surface area contributed by atoms with E-state index < -0.39 is 0 Å². The quantitative estimate of drug-likeness (QED) is 0.633. The van der Waals surface area contributed by atoms with Gasteiger partial charge in [-0.05, 0) is 59.4 Å². The van der Waals surface area contributed by atoms with E-state index in [0.29, 0.717) is 4.47 Å². The lowest BCUT2D eigenvalue weighted by Crippen LogP contribution is -1.83. The van der Waals surface area contributed by atoms with Gasteiger partial charge in [0, 0.05) is 14.5 Å². The van der Waals surface area contributed by atoms with Crippen molar-refractivity contribution < 1.29 is 5.11 Å². The molecule has 2 aromatic rings. The Hall–Kier alpha value is -0.320. The molecular weight excluding hydrogens is 400 g/mol. The Morgan fingerprint density at radius 1 is 0.875 bits per heavy atom. The normalized spacial score (nSPS) is 10.4. The maximum absolute atomic E-state index is 10.1. The van der Waals surface area contributed by atoms with Crippen LogP contribution in [0.15, 0.2) is 49.8 Å². The van der Waals surface area contributed by atoms with E-state index >= 15 is 0 Å². The van der Waals surface area contributed by atoms with E-state index in [2.05, 4.69) is 47.8 Å². The van der Waals surface area contributed by atoms with Crippen LogP contribution in [0, 0.1) is 0 Å². The second-order valence-corrected chi connectivity index (χ2v) is 5.69. The Morgan fingerprint density at radius 3 is 2.12 bits per heavy atom. The third kappa shape index (κ3) is 2.19. The highest BCUT2D eigenvalue weighted by molar-refractivity contribution is 9.14. The van der Waals surface area contributed by atoms with Gasteiger partial charge in [0.05, 0.1) is 4.47 Å². The number of phenols is 1. The Labute approximate surface area is 119 Å². The summed E-state index contributed by atoms with van der Waals surface area (Å²) in [6.07, 6.45) is 0. The largest absolute Gasteiger partial charge is 0.506 e. The van der Waals surface area contributed by atoms with E-state index in [9.17, 15) is 5.11 Å². The minimum absolute atomic E-state index is 0.237. The second-order valence-electron chi connectivity index (χ2n) is 3.25. The molecule has 16 heavy (non-hydrogen) atoms. The average Bonchev–Trinajstić information content (AvgIpc) is 2.32. The van der Waals surface area contributed by atoms with Gasteiger partial charge >= 0.3 is 0 Å². The highest BCUT2D eigenvalue weighted by Gasteiger charge is 2.13. The van der Waals surface area contributed by atoms with Gasteiger partial charge in [0.1, 0.15) is 5.75 Å². The van der Waals surface area contributed by atoms with Crippen molar-refractivity contribution in [1.29, 1.82) is 0 Å². The lowest BCUT2D eigenvalue weighted by Gasteiger charge is -2.09. The number of halogens is 3. The van der Waals surface area contributed by atoms with E-state index in [4.69, 9.17) is 0 Å². The average molecular weight is 407 g/mol. The molecule has 4 heteroatoms.